The van der Waals surface area contributed by atoms with Crippen LogP contribution in [0.1, 0.15) is 48.4 Å². The average molecular weight is 508 g/mol. The van der Waals surface area contributed by atoms with Crippen LogP contribution in [0, 0.1) is 0 Å². The van der Waals surface area contributed by atoms with E-state index in [1.54, 1.807) is 11.8 Å². The molecule has 0 bridgehead atoms. The molecule has 0 saturated heterocycles. The van der Waals surface area contributed by atoms with E-state index >= 15 is 0 Å². The number of rotatable bonds is 8. The third-order valence-electron chi connectivity index (χ3n) is 5.96. The van der Waals surface area contributed by atoms with Crippen LogP contribution in [0.5, 0.6) is 0 Å². The number of furan rings is 1. The summed E-state index contributed by atoms with van der Waals surface area (Å²) in [4.78, 5) is 31.2. The van der Waals surface area contributed by atoms with Crippen LogP contribution < -0.4 is 0 Å². The van der Waals surface area contributed by atoms with Crippen molar-refractivity contribution in [3.63, 3.8) is 0 Å². The minimum atomic E-state index is -0.434. The summed E-state index contributed by atoms with van der Waals surface area (Å²) >= 11 is 1.60. The first-order valence-electron chi connectivity index (χ1n) is 12.1. The SMILES string of the molecule is CCC/C(=N\OC(C)=O)c1ccc(Sc2ccc(C(=O)c3cc4c(ccc5ccccc54)o3)cc2)cc1. The van der Waals surface area contributed by atoms with Crippen molar-refractivity contribution in [2.24, 2.45) is 5.16 Å². The molecule has 5 rings (SSSR count). The van der Waals surface area contributed by atoms with Gasteiger partial charge in [0, 0.05) is 27.7 Å². The molecule has 1 heterocycles. The summed E-state index contributed by atoms with van der Waals surface area (Å²) in [6.45, 7) is 3.39. The van der Waals surface area contributed by atoms with E-state index in [9.17, 15) is 9.59 Å². The van der Waals surface area contributed by atoms with Crippen LogP contribution in [0.25, 0.3) is 21.7 Å². The zero-order valence-corrected chi connectivity index (χ0v) is 21.4. The molecule has 0 radical (unpaired) electrons. The number of hydrogen-bond acceptors (Lipinski definition) is 6. The number of fused-ring (bicyclic) bond motifs is 3. The zero-order chi connectivity index (χ0) is 25.8. The Bertz CT molecular complexity index is 1620. The first-order valence-corrected chi connectivity index (χ1v) is 12.9. The van der Waals surface area contributed by atoms with Gasteiger partial charge in [0.15, 0.2) is 5.76 Å². The van der Waals surface area contributed by atoms with E-state index in [0.29, 0.717) is 16.9 Å². The third kappa shape index (κ3) is 5.49. The van der Waals surface area contributed by atoms with E-state index in [1.165, 1.54) is 6.92 Å². The van der Waals surface area contributed by atoms with Crippen LogP contribution in [-0.4, -0.2) is 17.5 Å². The van der Waals surface area contributed by atoms with Crippen molar-refractivity contribution in [1.82, 2.24) is 0 Å². The van der Waals surface area contributed by atoms with Crippen molar-refractivity contribution < 1.29 is 18.8 Å². The zero-order valence-electron chi connectivity index (χ0n) is 20.6. The maximum atomic E-state index is 13.1. The van der Waals surface area contributed by atoms with Crippen LogP contribution >= 0.6 is 11.8 Å². The van der Waals surface area contributed by atoms with Crippen LogP contribution in [0.2, 0.25) is 0 Å². The van der Waals surface area contributed by atoms with Gasteiger partial charge in [0.05, 0.1) is 5.71 Å². The van der Waals surface area contributed by atoms with E-state index in [4.69, 9.17) is 9.25 Å². The molecule has 0 N–H and O–H groups in total. The Kier molecular flexibility index (Phi) is 7.19. The number of ketones is 1. The summed E-state index contributed by atoms with van der Waals surface area (Å²) in [5.74, 6) is -0.242. The Morgan fingerprint density at radius 2 is 1.51 bits per heavy atom. The fourth-order valence-electron chi connectivity index (χ4n) is 4.17. The van der Waals surface area contributed by atoms with Gasteiger partial charge in [-0.05, 0) is 71.3 Å². The molecule has 5 nitrogen and oxygen atoms in total. The predicted octanol–water partition coefficient (Wildman–Crippen LogP) is 8.04. The average Bonchev–Trinajstić information content (AvgIpc) is 3.37. The Morgan fingerprint density at radius 1 is 0.838 bits per heavy atom. The first-order chi connectivity index (χ1) is 18.0. The molecule has 4 aromatic carbocycles. The molecular formula is C31H25NO4S. The summed E-state index contributed by atoms with van der Waals surface area (Å²) < 4.78 is 5.90. The summed E-state index contributed by atoms with van der Waals surface area (Å²) in [5.41, 5.74) is 2.95. The van der Waals surface area contributed by atoms with Gasteiger partial charge >= 0.3 is 5.97 Å². The monoisotopic (exact) mass is 507 g/mol. The highest BCUT2D eigenvalue weighted by atomic mass is 32.2. The van der Waals surface area contributed by atoms with Gasteiger partial charge in [-0.1, -0.05) is 72.7 Å². The molecule has 0 amide bonds. The van der Waals surface area contributed by atoms with Gasteiger partial charge in [-0.15, -0.1) is 0 Å². The molecular weight excluding hydrogens is 482 g/mol. The number of carbonyl (C=O) groups is 2. The smallest absolute Gasteiger partial charge is 0.331 e. The molecule has 37 heavy (non-hydrogen) atoms. The molecule has 0 aliphatic rings. The Labute approximate surface area is 219 Å². The highest BCUT2D eigenvalue weighted by molar-refractivity contribution is 7.99. The van der Waals surface area contributed by atoms with Gasteiger partial charge in [0.1, 0.15) is 5.58 Å². The molecule has 6 heteroatoms. The van der Waals surface area contributed by atoms with E-state index in [0.717, 1.165) is 50.1 Å². The predicted molar refractivity (Wildman–Crippen MR) is 147 cm³/mol. The molecule has 0 aliphatic heterocycles. The number of benzene rings is 4. The van der Waals surface area contributed by atoms with Crippen molar-refractivity contribution in [3.8, 4) is 0 Å². The van der Waals surface area contributed by atoms with E-state index in [2.05, 4.69) is 12.1 Å². The Morgan fingerprint density at radius 3 is 2.19 bits per heavy atom. The molecule has 0 saturated carbocycles. The fourth-order valence-corrected chi connectivity index (χ4v) is 4.99. The third-order valence-corrected chi connectivity index (χ3v) is 6.98. The van der Waals surface area contributed by atoms with E-state index in [1.807, 2.05) is 91.0 Å². The summed E-state index contributed by atoms with van der Waals surface area (Å²) in [6.07, 6.45) is 1.61. The maximum absolute atomic E-state index is 13.1. The highest BCUT2D eigenvalue weighted by Crippen LogP contribution is 2.31. The molecule has 0 spiro atoms. The molecule has 1 aromatic heterocycles. The minimum absolute atomic E-state index is 0.142. The quantitative estimate of drug-likeness (QED) is 0.0920. The lowest BCUT2D eigenvalue weighted by Crippen LogP contribution is -2.03. The maximum Gasteiger partial charge on any atom is 0.331 e. The molecule has 0 atom stereocenters. The summed E-state index contributed by atoms with van der Waals surface area (Å²) in [6, 6.07) is 29.3. The highest BCUT2D eigenvalue weighted by Gasteiger charge is 2.16. The first kappa shape index (κ1) is 24.5. The van der Waals surface area contributed by atoms with E-state index in [-0.39, 0.29) is 5.78 Å². The normalized spacial score (nSPS) is 11.7. The number of oxime groups is 1. The largest absolute Gasteiger partial charge is 0.453 e. The van der Waals surface area contributed by atoms with Crippen LogP contribution in [-0.2, 0) is 9.63 Å². The van der Waals surface area contributed by atoms with Crippen LogP contribution in [0.3, 0.4) is 0 Å². The van der Waals surface area contributed by atoms with Gasteiger partial charge in [0.25, 0.3) is 0 Å². The van der Waals surface area contributed by atoms with Gasteiger partial charge in [-0.25, -0.2) is 4.79 Å². The van der Waals surface area contributed by atoms with Crippen LogP contribution in [0.4, 0.5) is 0 Å². The molecule has 0 aliphatic carbocycles. The van der Waals surface area contributed by atoms with Crippen molar-refractivity contribution in [2.45, 2.75) is 36.5 Å². The van der Waals surface area contributed by atoms with Gasteiger partial charge in [0.2, 0.25) is 5.78 Å². The standard InChI is InChI=1S/C31H25NO4S/c1-3-6-28(32-36-20(2)33)22-9-14-24(15-10-22)37-25-16-11-23(12-17-25)31(34)30-19-27-26-8-5-4-7-21(26)13-18-29(27)35-30/h4-5,7-19H,3,6H2,1-2H3/b32-28+. The van der Waals surface area contributed by atoms with Crippen molar-refractivity contribution >= 4 is 51.0 Å². The minimum Gasteiger partial charge on any atom is -0.453 e. The second-order valence-electron chi connectivity index (χ2n) is 8.66. The molecule has 0 unspecified atom stereocenters. The van der Waals surface area contributed by atoms with E-state index < -0.39 is 5.97 Å². The Hall–Kier alpha value is -4.16. The molecule has 5 aromatic rings. The number of nitrogens with zero attached hydrogens (tertiary/aromatic N) is 1. The van der Waals surface area contributed by atoms with Gasteiger partial charge in [-0.3, -0.25) is 4.79 Å². The second-order valence-corrected chi connectivity index (χ2v) is 9.81. The van der Waals surface area contributed by atoms with Crippen molar-refractivity contribution in [1.29, 1.82) is 0 Å². The lowest BCUT2D eigenvalue weighted by molar-refractivity contribution is -0.140. The van der Waals surface area contributed by atoms with Crippen molar-refractivity contribution in [2.75, 3.05) is 0 Å². The lowest BCUT2D eigenvalue weighted by atomic mass is 10.1. The number of carbonyl (C=O) groups excluding carboxylic acids is 2. The summed E-state index contributed by atoms with van der Waals surface area (Å²) in [5, 5.41) is 7.12. The van der Waals surface area contributed by atoms with Crippen molar-refractivity contribution in [3.05, 3.63) is 108 Å². The fraction of sp³-hybridized carbons (Fsp3) is 0.129. The summed E-state index contributed by atoms with van der Waals surface area (Å²) in [7, 11) is 0. The second kappa shape index (κ2) is 10.8. The lowest BCUT2D eigenvalue weighted by Gasteiger charge is -2.07. The van der Waals surface area contributed by atoms with Gasteiger partial charge < -0.3 is 9.25 Å². The Balaban J connectivity index is 1.30. The molecule has 184 valence electrons. The van der Waals surface area contributed by atoms with Crippen LogP contribution in [0.15, 0.2) is 110 Å². The number of hydrogen-bond donors (Lipinski definition) is 0. The topological polar surface area (TPSA) is 68.9 Å². The van der Waals surface area contributed by atoms with Gasteiger partial charge in [-0.2, -0.15) is 0 Å². The molecule has 0 fully saturated rings.